The van der Waals surface area contributed by atoms with Gasteiger partial charge in [-0.3, -0.25) is 0 Å². The highest BCUT2D eigenvalue weighted by molar-refractivity contribution is 7.16. The number of nitrogens with one attached hydrogen (secondary N) is 1. The van der Waals surface area contributed by atoms with Crippen LogP contribution >= 0.6 is 11.3 Å². The van der Waals surface area contributed by atoms with Crippen molar-refractivity contribution < 1.29 is 4.74 Å². The molecule has 106 valence electrons. The normalized spacial score (nSPS) is 10.5. The van der Waals surface area contributed by atoms with E-state index in [1.165, 1.54) is 10.3 Å². The Hall–Kier alpha value is -2.33. The van der Waals surface area contributed by atoms with Crippen LogP contribution in [0.25, 0.3) is 10.2 Å². The molecule has 0 spiro atoms. The van der Waals surface area contributed by atoms with Gasteiger partial charge in [0.05, 0.1) is 15.7 Å². The summed E-state index contributed by atoms with van der Waals surface area (Å²) >= 11 is 1.66. The van der Waals surface area contributed by atoms with E-state index in [0.29, 0.717) is 6.61 Å². The highest BCUT2D eigenvalue weighted by atomic mass is 32.1. The molecule has 0 amide bonds. The van der Waals surface area contributed by atoms with Crippen molar-refractivity contribution in [1.29, 1.82) is 0 Å². The van der Waals surface area contributed by atoms with E-state index in [4.69, 9.17) is 4.74 Å². The van der Waals surface area contributed by atoms with E-state index in [1.54, 1.807) is 17.4 Å². The second kappa shape index (κ2) is 6.41. The molecule has 0 fully saturated rings. The summed E-state index contributed by atoms with van der Waals surface area (Å²) in [6.07, 6.45) is 1.74. The van der Waals surface area contributed by atoms with Crippen LogP contribution in [0, 0.1) is 0 Å². The Bertz CT molecular complexity index is 734. The minimum atomic E-state index is 0.534. The molecule has 0 saturated heterocycles. The van der Waals surface area contributed by atoms with Crippen molar-refractivity contribution >= 4 is 27.2 Å². The number of ether oxygens (including phenoxy) is 1. The Balaban J connectivity index is 1.62. The third-order valence-corrected chi connectivity index (χ3v) is 3.91. The van der Waals surface area contributed by atoms with Gasteiger partial charge in [-0.15, -0.1) is 11.3 Å². The van der Waals surface area contributed by atoms with Crippen LogP contribution in [0.4, 0.5) is 5.69 Å². The Morgan fingerprint density at radius 3 is 2.86 bits per heavy atom. The lowest BCUT2D eigenvalue weighted by molar-refractivity contribution is 0.363. The maximum Gasteiger partial charge on any atom is 0.119 e. The molecule has 3 nitrogen and oxygen atoms in total. The zero-order valence-corrected chi connectivity index (χ0v) is 12.4. The molecule has 0 unspecified atom stereocenters. The highest BCUT2D eigenvalue weighted by Gasteiger charge is 1.99. The summed E-state index contributed by atoms with van der Waals surface area (Å²) in [6.45, 7) is 4.95. The van der Waals surface area contributed by atoms with Gasteiger partial charge in [0.25, 0.3) is 0 Å². The summed E-state index contributed by atoms with van der Waals surface area (Å²) in [5.74, 6) is 0.865. The molecule has 4 heteroatoms. The largest absolute Gasteiger partial charge is 0.490 e. The van der Waals surface area contributed by atoms with Gasteiger partial charge in [-0.1, -0.05) is 24.8 Å². The molecule has 2 aromatic carbocycles. The van der Waals surface area contributed by atoms with E-state index in [9.17, 15) is 0 Å². The zero-order valence-electron chi connectivity index (χ0n) is 11.6. The van der Waals surface area contributed by atoms with Gasteiger partial charge < -0.3 is 10.1 Å². The van der Waals surface area contributed by atoms with Crippen LogP contribution in [0.5, 0.6) is 5.75 Å². The fourth-order valence-electron chi connectivity index (χ4n) is 2.03. The molecule has 0 aliphatic heterocycles. The minimum absolute atomic E-state index is 0.534. The van der Waals surface area contributed by atoms with E-state index in [0.717, 1.165) is 23.5 Å². The van der Waals surface area contributed by atoms with Crippen molar-refractivity contribution in [3.63, 3.8) is 0 Å². The van der Waals surface area contributed by atoms with Gasteiger partial charge in [-0.2, -0.15) is 0 Å². The second-order valence-electron chi connectivity index (χ2n) is 4.63. The van der Waals surface area contributed by atoms with E-state index in [1.807, 2.05) is 23.7 Å². The molecule has 0 atom stereocenters. The van der Waals surface area contributed by atoms with Gasteiger partial charge >= 0.3 is 0 Å². The average molecular weight is 296 g/mol. The van der Waals surface area contributed by atoms with Crippen LogP contribution in [0.15, 0.2) is 60.6 Å². The molecule has 0 bridgehead atoms. The summed E-state index contributed by atoms with van der Waals surface area (Å²) in [5.41, 5.74) is 5.24. The molecular weight excluding hydrogens is 280 g/mol. The first kappa shape index (κ1) is 13.6. The molecule has 0 saturated carbocycles. The topological polar surface area (TPSA) is 34.1 Å². The Labute approximate surface area is 127 Å². The van der Waals surface area contributed by atoms with E-state index in [2.05, 4.69) is 41.1 Å². The number of aromatic nitrogens is 1. The first-order valence-electron chi connectivity index (χ1n) is 6.75. The maximum atomic E-state index is 5.47. The van der Waals surface area contributed by atoms with Gasteiger partial charge in [0, 0.05) is 12.2 Å². The lowest BCUT2D eigenvalue weighted by Crippen LogP contribution is -1.99. The number of anilines is 1. The predicted molar refractivity (Wildman–Crippen MR) is 89.1 cm³/mol. The minimum Gasteiger partial charge on any atom is -0.490 e. The van der Waals surface area contributed by atoms with Crippen LogP contribution in [0.3, 0.4) is 0 Å². The Morgan fingerprint density at radius 1 is 1.19 bits per heavy atom. The van der Waals surface area contributed by atoms with Crippen molar-refractivity contribution in [3.8, 4) is 5.75 Å². The monoisotopic (exact) mass is 296 g/mol. The quantitative estimate of drug-likeness (QED) is 0.681. The fraction of sp³-hybridized carbons (Fsp3) is 0.118. The molecule has 21 heavy (non-hydrogen) atoms. The lowest BCUT2D eigenvalue weighted by atomic mass is 10.2. The zero-order chi connectivity index (χ0) is 14.5. The summed E-state index contributed by atoms with van der Waals surface area (Å²) in [4.78, 5) is 4.28. The van der Waals surface area contributed by atoms with Crippen LogP contribution in [-0.4, -0.2) is 11.6 Å². The van der Waals surface area contributed by atoms with Gasteiger partial charge in [-0.05, 0) is 35.9 Å². The molecule has 0 aliphatic rings. The summed E-state index contributed by atoms with van der Waals surface area (Å²) < 4.78 is 6.67. The SMILES string of the molecule is C=CCOc1ccc(CNc2ccc3ncsc3c2)cc1. The summed E-state index contributed by atoms with van der Waals surface area (Å²) in [7, 11) is 0. The van der Waals surface area contributed by atoms with Crippen LogP contribution in [-0.2, 0) is 6.54 Å². The molecule has 1 aromatic heterocycles. The maximum absolute atomic E-state index is 5.47. The number of rotatable bonds is 6. The summed E-state index contributed by atoms with van der Waals surface area (Å²) in [6, 6.07) is 14.3. The molecular formula is C17H16N2OS. The highest BCUT2D eigenvalue weighted by Crippen LogP contribution is 2.22. The van der Waals surface area contributed by atoms with Crippen molar-refractivity contribution in [1.82, 2.24) is 4.98 Å². The molecule has 3 rings (SSSR count). The molecule has 0 radical (unpaired) electrons. The van der Waals surface area contributed by atoms with Gasteiger partial charge in [0.2, 0.25) is 0 Å². The van der Waals surface area contributed by atoms with Gasteiger partial charge in [0.1, 0.15) is 12.4 Å². The number of benzene rings is 2. The van der Waals surface area contributed by atoms with E-state index < -0.39 is 0 Å². The van der Waals surface area contributed by atoms with Gasteiger partial charge in [-0.25, -0.2) is 4.98 Å². The number of hydrogen-bond acceptors (Lipinski definition) is 4. The molecule has 3 aromatic rings. The molecule has 1 N–H and O–H groups in total. The van der Waals surface area contributed by atoms with Crippen molar-refractivity contribution in [3.05, 3.63) is 66.2 Å². The number of fused-ring (bicyclic) bond motifs is 1. The van der Waals surface area contributed by atoms with Crippen molar-refractivity contribution in [2.45, 2.75) is 6.54 Å². The smallest absolute Gasteiger partial charge is 0.119 e. The number of hydrogen-bond donors (Lipinski definition) is 1. The second-order valence-corrected chi connectivity index (χ2v) is 5.52. The number of nitrogens with zero attached hydrogens (tertiary/aromatic N) is 1. The van der Waals surface area contributed by atoms with E-state index in [-0.39, 0.29) is 0 Å². The number of thiazole rings is 1. The molecule has 1 heterocycles. The average Bonchev–Trinajstić information content (AvgIpc) is 2.99. The Morgan fingerprint density at radius 2 is 2.05 bits per heavy atom. The van der Waals surface area contributed by atoms with Crippen molar-refractivity contribution in [2.24, 2.45) is 0 Å². The van der Waals surface area contributed by atoms with Crippen LogP contribution in [0.1, 0.15) is 5.56 Å². The first-order valence-corrected chi connectivity index (χ1v) is 7.63. The van der Waals surface area contributed by atoms with Crippen LogP contribution in [0.2, 0.25) is 0 Å². The van der Waals surface area contributed by atoms with E-state index >= 15 is 0 Å². The Kier molecular flexibility index (Phi) is 4.17. The van der Waals surface area contributed by atoms with Gasteiger partial charge in [0.15, 0.2) is 0 Å². The lowest BCUT2D eigenvalue weighted by Gasteiger charge is -2.08. The third-order valence-electron chi connectivity index (χ3n) is 3.12. The standard InChI is InChI=1S/C17H16N2OS/c1-2-9-20-15-6-3-13(4-7-15)11-18-14-5-8-16-17(10-14)21-12-19-16/h2-8,10,12,18H,1,9,11H2. The first-order chi connectivity index (χ1) is 10.3. The fourth-order valence-corrected chi connectivity index (χ4v) is 2.74. The third kappa shape index (κ3) is 3.41. The summed E-state index contributed by atoms with van der Waals surface area (Å²) in [5, 5.41) is 3.43. The van der Waals surface area contributed by atoms with Crippen LogP contribution < -0.4 is 10.1 Å². The molecule has 0 aliphatic carbocycles. The van der Waals surface area contributed by atoms with Crippen molar-refractivity contribution in [2.75, 3.05) is 11.9 Å². The predicted octanol–water partition coefficient (Wildman–Crippen LogP) is 4.47.